The first kappa shape index (κ1) is 19.9. The molecule has 0 aromatic heterocycles. The van der Waals surface area contributed by atoms with E-state index >= 15 is 0 Å². The number of halogens is 1. The van der Waals surface area contributed by atoms with Gasteiger partial charge >= 0.3 is 5.97 Å². The molecular formula is C21H23ClO4. The Morgan fingerprint density at radius 3 is 1.65 bits per heavy atom. The van der Waals surface area contributed by atoms with Gasteiger partial charge in [0.05, 0.1) is 27.8 Å². The van der Waals surface area contributed by atoms with Gasteiger partial charge < -0.3 is 14.2 Å². The van der Waals surface area contributed by atoms with Crippen molar-refractivity contribution in [2.75, 3.05) is 21.3 Å². The molecule has 5 heteroatoms. The van der Waals surface area contributed by atoms with Crippen molar-refractivity contribution in [1.29, 1.82) is 0 Å². The topological polar surface area (TPSA) is 44.8 Å². The van der Waals surface area contributed by atoms with Crippen molar-refractivity contribution < 1.29 is 19.0 Å². The number of carbonyl (C=O) groups is 1. The average molecular weight is 375 g/mol. The molecule has 0 spiro atoms. The van der Waals surface area contributed by atoms with Crippen molar-refractivity contribution in [2.45, 2.75) is 13.3 Å². The van der Waals surface area contributed by atoms with E-state index in [1.807, 2.05) is 55.5 Å². The van der Waals surface area contributed by atoms with Crippen LogP contribution in [0.1, 0.15) is 24.5 Å². The Balaban J connectivity index is 2.51. The lowest BCUT2D eigenvalue weighted by molar-refractivity contribution is -0.141. The highest BCUT2D eigenvalue weighted by atomic mass is 35.5. The SMILES string of the molecule is COC(=O)CC(C)C(Cl)=C(c1ccc(OC)cc1)c1ccc(OC)cc1. The van der Waals surface area contributed by atoms with Crippen molar-refractivity contribution >= 4 is 23.1 Å². The second-order valence-electron chi connectivity index (χ2n) is 5.86. The summed E-state index contributed by atoms with van der Waals surface area (Å²) in [5, 5.41) is 0.603. The highest BCUT2D eigenvalue weighted by Gasteiger charge is 2.19. The minimum Gasteiger partial charge on any atom is -0.497 e. The van der Waals surface area contributed by atoms with Gasteiger partial charge in [-0.05, 0) is 35.4 Å². The normalized spacial score (nSPS) is 11.4. The zero-order valence-electron chi connectivity index (χ0n) is 15.4. The first-order valence-corrected chi connectivity index (χ1v) is 8.63. The van der Waals surface area contributed by atoms with Crippen LogP contribution in [-0.2, 0) is 9.53 Å². The Bertz CT molecular complexity index is 714. The zero-order chi connectivity index (χ0) is 19.1. The minimum absolute atomic E-state index is 0.177. The molecule has 0 heterocycles. The van der Waals surface area contributed by atoms with Crippen LogP contribution in [0.5, 0.6) is 11.5 Å². The van der Waals surface area contributed by atoms with Crippen LogP contribution in [0.25, 0.3) is 5.57 Å². The molecule has 0 saturated heterocycles. The number of ether oxygens (including phenoxy) is 3. The second-order valence-corrected chi connectivity index (χ2v) is 6.27. The molecule has 138 valence electrons. The Morgan fingerprint density at radius 1 is 0.885 bits per heavy atom. The van der Waals surface area contributed by atoms with Gasteiger partial charge in [-0.2, -0.15) is 0 Å². The summed E-state index contributed by atoms with van der Waals surface area (Å²) in [4.78, 5) is 11.7. The molecule has 2 aromatic rings. The molecule has 2 aromatic carbocycles. The maximum atomic E-state index is 11.7. The van der Waals surface area contributed by atoms with Crippen molar-refractivity contribution in [2.24, 2.45) is 5.92 Å². The minimum atomic E-state index is -0.292. The van der Waals surface area contributed by atoms with Crippen LogP contribution in [0.3, 0.4) is 0 Å². The summed E-state index contributed by atoms with van der Waals surface area (Å²) in [6.45, 7) is 1.91. The molecule has 1 unspecified atom stereocenters. The number of carbonyl (C=O) groups excluding carboxylic acids is 1. The fourth-order valence-corrected chi connectivity index (χ4v) is 2.92. The molecule has 4 nitrogen and oxygen atoms in total. The van der Waals surface area contributed by atoms with Crippen molar-refractivity contribution in [3.8, 4) is 11.5 Å². The highest BCUT2D eigenvalue weighted by Crippen LogP contribution is 2.35. The van der Waals surface area contributed by atoms with E-state index in [1.165, 1.54) is 7.11 Å². The van der Waals surface area contributed by atoms with Gasteiger partial charge in [-0.15, -0.1) is 0 Å². The standard InChI is InChI=1S/C21H23ClO4/c1-14(13-19(23)26-4)21(22)20(15-5-9-17(24-2)10-6-15)16-7-11-18(25-3)12-8-16/h5-12,14H,13H2,1-4H3. The summed E-state index contributed by atoms with van der Waals surface area (Å²) >= 11 is 6.72. The monoisotopic (exact) mass is 374 g/mol. The summed E-state index contributed by atoms with van der Waals surface area (Å²) in [6, 6.07) is 15.3. The van der Waals surface area contributed by atoms with Gasteiger partial charge in [0.15, 0.2) is 0 Å². The maximum Gasteiger partial charge on any atom is 0.306 e. The quantitative estimate of drug-likeness (QED) is 0.646. The predicted molar refractivity (Wildman–Crippen MR) is 104 cm³/mol. The van der Waals surface area contributed by atoms with Crippen LogP contribution >= 0.6 is 11.6 Å². The van der Waals surface area contributed by atoms with Gasteiger partial charge in [0.25, 0.3) is 0 Å². The van der Waals surface area contributed by atoms with E-state index in [-0.39, 0.29) is 18.3 Å². The third kappa shape index (κ3) is 4.79. The van der Waals surface area contributed by atoms with Crippen LogP contribution in [0.15, 0.2) is 53.6 Å². The summed E-state index contributed by atoms with van der Waals surface area (Å²) in [5.74, 6) is 1.06. The second kappa shape index (κ2) is 9.30. The van der Waals surface area contributed by atoms with Gasteiger partial charge in [0, 0.05) is 16.5 Å². The van der Waals surface area contributed by atoms with Crippen molar-refractivity contribution in [1.82, 2.24) is 0 Å². The van der Waals surface area contributed by atoms with E-state index in [0.29, 0.717) is 5.03 Å². The first-order valence-electron chi connectivity index (χ1n) is 8.25. The predicted octanol–water partition coefficient (Wildman–Crippen LogP) is 4.90. The Morgan fingerprint density at radius 2 is 1.31 bits per heavy atom. The fraction of sp³-hybridized carbons (Fsp3) is 0.286. The number of rotatable bonds is 7. The van der Waals surface area contributed by atoms with Gasteiger partial charge in [-0.25, -0.2) is 0 Å². The number of hydrogen-bond donors (Lipinski definition) is 0. The zero-order valence-corrected chi connectivity index (χ0v) is 16.2. The molecule has 2 rings (SSSR count). The average Bonchev–Trinajstić information content (AvgIpc) is 2.68. The smallest absolute Gasteiger partial charge is 0.306 e. The van der Waals surface area contributed by atoms with Crippen LogP contribution < -0.4 is 9.47 Å². The molecule has 0 fully saturated rings. The van der Waals surface area contributed by atoms with E-state index in [9.17, 15) is 4.79 Å². The summed E-state index contributed by atoms with van der Waals surface area (Å²) in [6.07, 6.45) is 0.213. The van der Waals surface area contributed by atoms with Crippen LogP contribution in [-0.4, -0.2) is 27.3 Å². The van der Waals surface area contributed by atoms with Crippen LogP contribution in [0, 0.1) is 5.92 Å². The van der Waals surface area contributed by atoms with Crippen LogP contribution in [0.2, 0.25) is 0 Å². The summed E-state index contributed by atoms with van der Waals surface area (Å²) in [7, 11) is 4.63. The Kier molecular flexibility index (Phi) is 7.10. The Labute approximate surface area is 159 Å². The molecule has 1 atom stereocenters. The maximum absolute atomic E-state index is 11.7. The lowest BCUT2D eigenvalue weighted by Gasteiger charge is -2.17. The van der Waals surface area contributed by atoms with E-state index in [0.717, 1.165) is 28.2 Å². The van der Waals surface area contributed by atoms with Gasteiger partial charge in [0.1, 0.15) is 11.5 Å². The molecule has 26 heavy (non-hydrogen) atoms. The number of hydrogen-bond acceptors (Lipinski definition) is 4. The van der Waals surface area contributed by atoms with E-state index in [2.05, 4.69) is 0 Å². The van der Waals surface area contributed by atoms with Gasteiger partial charge in [-0.3, -0.25) is 4.79 Å². The van der Waals surface area contributed by atoms with E-state index in [4.69, 9.17) is 25.8 Å². The lowest BCUT2D eigenvalue weighted by Crippen LogP contribution is -2.09. The lowest BCUT2D eigenvalue weighted by atomic mass is 9.92. The molecule has 0 radical (unpaired) electrons. The molecule has 0 N–H and O–H groups in total. The van der Waals surface area contributed by atoms with E-state index < -0.39 is 0 Å². The number of benzene rings is 2. The molecule has 0 aliphatic carbocycles. The molecule has 0 amide bonds. The van der Waals surface area contributed by atoms with Gasteiger partial charge in [-0.1, -0.05) is 42.8 Å². The molecule has 0 aliphatic rings. The van der Waals surface area contributed by atoms with Crippen molar-refractivity contribution in [3.05, 3.63) is 64.7 Å². The molecular weight excluding hydrogens is 352 g/mol. The third-order valence-electron chi connectivity index (χ3n) is 4.13. The largest absolute Gasteiger partial charge is 0.497 e. The first-order chi connectivity index (χ1) is 12.5. The molecule has 0 aliphatic heterocycles. The summed E-state index contributed by atoms with van der Waals surface area (Å²) in [5.41, 5.74) is 2.75. The number of esters is 1. The number of methoxy groups -OCH3 is 3. The van der Waals surface area contributed by atoms with Crippen molar-refractivity contribution in [3.63, 3.8) is 0 Å². The molecule has 0 saturated carbocycles. The van der Waals surface area contributed by atoms with E-state index in [1.54, 1.807) is 14.2 Å². The highest BCUT2D eigenvalue weighted by molar-refractivity contribution is 6.33. The molecule has 0 bridgehead atoms. The summed E-state index contributed by atoms with van der Waals surface area (Å²) < 4.78 is 15.2. The third-order valence-corrected chi connectivity index (χ3v) is 4.69. The number of allylic oxidation sites excluding steroid dienone is 1. The van der Waals surface area contributed by atoms with Gasteiger partial charge in [0.2, 0.25) is 0 Å². The Hall–Kier alpha value is -2.46. The van der Waals surface area contributed by atoms with Crippen LogP contribution in [0.4, 0.5) is 0 Å². The fourth-order valence-electron chi connectivity index (χ4n) is 2.63.